The highest BCUT2D eigenvalue weighted by molar-refractivity contribution is 7.89. The zero-order chi connectivity index (χ0) is 14.0. The van der Waals surface area contributed by atoms with E-state index in [1.807, 2.05) is 0 Å². The van der Waals surface area contributed by atoms with Crippen LogP contribution in [-0.2, 0) is 14.8 Å². The highest BCUT2D eigenvalue weighted by atomic mass is 32.2. The summed E-state index contributed by atoms with van der Waals surface area (Å²) in [5.41, 5.74) is -0.461. The average Bonchev–Trinajstić information content (AvgIpc) is 2.33. The molecule has 0 unspecified atom stereocenters. The van der Waals surface area contributed by atoms with Crippen LogP contribution in [-0.4, -0.2) is 27.7 Å². The Morgan fingerprint density at radius 2 is 2.16 bits per heavy atom. The van der Waals surface area contributed by atoms with E-state index < -0.39 is 21.4 Å². The van der Waals surface area contributed by atoms with Crippen LogP contribution in [0.15, 0.2) is 23.1 Å². The van der Waals surface area contributed by atoms with Crippen molar-refractivity contribution < 1.29 is 17.5 Å². The molecule has 1 aliphatic rings. The Kier molecular flexibility index (Phi) is 3.85. The van der Waals surface area contributed by atoms with Crippen LogP contribution in [0.1, 0.15) is 18.4 Å². The van der Waals surface area contributed by atoms with E-state index in [1.165, 1.54) is 12.1 Å². The maximum Gasteiger partial charge on any atom is 0.242 e. The van der Waals surface area contributed by atoms with E-state index in [4.69, 9.17) is 10.00 Å². The minimum absolute atomic E-state index is 0.0515. The van der Waals surface area contributed by atoms with Crippen molar-refractivity contribution in [3.05, 3.63) is 29.6 Å². The van der Waals surface area contributed by atoms with E-state index in [9.17, 15) is 12.8 Å². The lowest BCUT2D eigenvalue weighted by molar-refractivity contribution is 0.0236. The van der Waals surface area contributed by atoms with Crippen LogP contribution in [0.2, 0.25) is 0 Å². The largest absolute Gasteiger partial charge is 0.381 e. The first-order chi connectivity index (χ1) is 8.97. The molecule has 1 aromatic carbocycles. The number of sulfonamides is 1. The summed E-state index contributed by atoms with van der Waals surface area (Å²) in [5.74, 6) is -0.839. The molecule has 0 amide bonds. The Morgan fingerprint density at radius 3 is 2.74 bits per heavy atom. The van der Waals surface area contributed by atoms with Gasteiger partial charge in [-0.1, -0.05) is 6.07 Å². The number of hydrogen-bond acceptors (Lipinski definition) is 4. The predicted molar refractivity (Wildman–Crippen MR) is 65.3 cm³/mol. The minimum atomic E-state index is -3.89. The predicted octanol–water partition coefficient (Wildman–Crippen LogP) is 1.15. The third-order valence-electron chi connectivity index (χ3n) is 3.13. The van der Waals surface area contributed by atoms with Gasteiger partial charge < -0.3 is 4.74 Å². The second-order valence-electron chi connectivity index (χ2n) is 4.37. The van der Waals surface area contributed by atoms with Gasteiger partial charge in [0.15, 0.2) is 0 Å². The van der Waals surface area contributed by atoms with Crippen LogP contribution in [0.4, 0.5) is 4.39 Å². The standard InChI is InChI=1S/C12H13FN2O3S/c1-18-9-5-8(6-9)15-19(16,17)12-4-2-3-11(13)10(12)7-14/h2-4,8-9,15H,5-6H2,1H3. The molecule has 0 aliphatic heterocycles. The van der Waals surface area contributed by atoms with Crippen LogP contribution in [0.5, 0.6) is 0 Å². The van der Waals surface area contributed by atoms with Gasteiger partial charge in [0.25, 0.3) is 0 Å². The van der Waals surface area contributed by atoms with Crippen LogP contribution in [0, 0.1) is 17.1 Å². The van der Waals surface area contributed by atoms with Gasteiger partial charge in [0.05, 0.1) is 6.10 Å². The van der Waals surface area contributed by atoms with Crippen molar-refractivity contribution in [1.82, 2.24) is 4.72 Å². The summed E-state index contributed by atoms with van der Waals surface area (Å²) in [5, 5.41) is 8.85. The van der Waals surface area contributed by atoms with Crippen LogP contribution >= 0.6 is 0 Å². The lowest BCUT2D eigenvalue weighted by Gasteiger charge is -2.34. The first kappa shape index (κ1) is 13.9. The van der Waals surface area contributed by atoms with Gasteiger partial charge in [0, 0.05) is 13.2 Å². The van der Waals surface area contributed by atoms with Gasteiger partial charge in [0.2, 0.25) is 10.0 Å². The molecular formula is C12H13FN2O3S. The SMILES string of the molecule is COC1CC(NS(=O)(=O)c2cccc(F)c2C#N)C1. The lowest BCUT2D eigenvalue weighted by Crippen LogP contribution is -2.47. The van der Waals surface area contributed by atoms with Crippen molar-refractivity contribution >= 4 is 10.0 Å². The molecule has 1 saturated carbocycles. The lowest BCUT2D eigenvalue weighted by atomic mass is 9.90. The summed E-state index contributed by atoms with van der Waals surface area (Å²) in [7, 11) is -2.32. The average molecular weight is 284 g/mol. The molecule has 1 N–H and O–H groups in total. The van der Waals surface area contributed by atoms with Gasteiger partial charge in [-0.05, 0) is 25.0 Å². The second kappa shape index (κ2) is 5.25. The maximum absolute atomic E-state index is 13.4. The van der Waals surface area contributed by atoms with Crippen molar-refractivity contribution in [3.63, 3.8) is 0 Å². The molecule has 0 spiro atoms. The minimum Gasteiger partial charge on any atom is -0.381 e. The van der Waals surface area contributed by atoms with Crippen molar-refractivity contribution in [2.45, 2.75) is 29.9 Å². The fourth-order valence-corrected chi connectivity index (χ4v) is 3.40. The molecular weight excluding hydrogens is 271 g/mol. The number of benzene rings is 1. The quantitative estimate of drug-likeness (QED) is 0.899. The fraction of sp³-hybridized carbons (Fsp3) is 0.417. The van der Waals surface area contributed by atoms with E-state index in [-0.39, 0.29) is 17.0 Å². The third-order valence-corrected chi connectivity index (χ3v) is 4.69. The number of nitriles is 1. The van der Waals surface area contributed by atoms with Gasteiger partial charge in [0.1, 0.15) is 22.3 Å². The van der Waals surface area contributed by atoms with Crippen LogP contribution < -0.4 is 4.72 Å². The fourth-order valence-electron chi connectivity index (χ4n) is 1.97. The summed E-state index contributed by atoms with van der Waals surface area (Å²) in [6.45, 7) is 0. The molecule has 102 valence electrons. The van der Waals surface area contributed by atoms with E-state index in [2.05, 4.69) is 4.72 Å². The Morgan fingerprint density at radius 1 is 1.47 bits per heavy atom. The van der Waals surface area contributed by atoms with E-state index in [0.29, 0.717) is 12.8 Å². The monoisotopic (exact) mass is 284 g/mol. The second-order valence-corrected chi connectivity index (χ2v) is 6.05. The number of methoxy groups -OCH3 is 1. The summed E-state index contributed by atoms with van der Waals surface area (Å²) in [4.78, 5) is -0.323. The Bertz CT molecular complexity index is 618. The molecule has 5 nitrogen and oxygen atoms in total. The zero-order valence-electron chi connectivity index (χ0n) is 10.3. The number of halogens is 1. The van der Waals surface area contributed by atoms with Gasteiger partial charge in [-0.25, -0.2) is 17.5 Å². The van der Waals surface area contributed by atoms with Crippen molar-refractivity contribution in [2.75, 3.05) is 7.11 Å². The van der Waals surface area contributed by atoms with Gasteiger partial charge in [-0.15, -0.1) is 0 Å². The van der Waals surface area contributed by atoms with Crippen LogP contribution in [0.25, 0.3) is 0 Å². The van der Waals surface area contributed by atoms with Gasteiger partial charge in [-0.3, -0.25) is 0 Å². The first-order valence-corrected chi connectivity index (χ1v) is 7.20. The number of hydrogen-bond donors (Lipinski definition) is 1. The third kappa shape index (κ3) is 2.76. The van der Waals surface area contributed by atoms with Crippen molar-refractivity contribution in [2.24, 2.45) is 0 Å². The molecule has 0 heterocycles. The normalized spacial score (nSPS) is 22.6. The Balaban J connectivity index is 2.22. The number of nitrogens with zero attached hydrogens (tertiary/aromatic N) is 1. The summed E-state index contributed by atoms with van der Waals surface area (Å²) in [6.07, 6.45) is 1.20. The first-order valence-electron chi connectivity index (χ1n) is 5.71. The Labute approximate surface area is 111 Å². The topological polar surface area (TPSA) is 79.2 Å². The molecule has 2 rings (SSSR count). The molecule has 0 atom stereocenters. The molecule has 0 aromatic heterocycles. The summed E-state index contributed by atoms with van der Waals surface area (Å²) in [6, 6.07) is 4.89. The molecule has 0 radical (unpaired) electrons. The zero-order valence-corrected chi connectivity index (χ0v) is 11.1. The molecule has 19 heavy (non-hydrogen) atoms. The summed E-state index contributed by atoms with van der Waals surface area (Å²) < 4.78 is 45.1. The Hall–Kier alpha value is -1.49. The molecule has 0 bridgehead atoms. The van der Waals surface area contributed by atoms with E-state index >= 15 is 0 Å². The van der Waals surface area contributed by atoms with Gasteiger partial charge >= 0.3 is 0 Å². The number of nitrogens with one attached hydrogen (secondary N) is 1. The van der Waals surface area contributed by atoms with Crippen molar-refractivity contribution in [3.8, 4) is 6.07 Å². The molecule has 0 saturated heterocycles. The molecule has 7 heteroatoms. The highest BCUT2D eigenvalue weighted by Crippen LogP contribution is 2.25. The van der Waals surface area contributed by atoms with Crippen molar-refractivity contribution in [1.29, 1.82) is 5.26 Å². The molecule has 1 aromatic rings. The maximum atomic E-state index is 13.4. The number of rotatable bonds is 4. The van der Waals surface area contributed by atoms with E-state index in [1.54, 1.807) is 13.2 Å². The van der Waals surface area contributed by atoms with Gasteiger partial charge in [-0.2, -0.15) is 5.26 Å². The van der Waals surface area contributed by atoms with E-state index in [0.717, 1.165) is 6.07 Å². The smallest absolute Gasteiger partial charge is 0.242 e. The molecule has 1 fully saturated rings. The van der Waals surface area contributed by atoms with Crippen LogP contribution in [0.3, 0.4) is 0 Å². The number of ether oxygens (including phenoxy) is 1. The summed E-state index contributed by atoms with van der Waals surface area (Å²) >= 11 is 0. The highest BCUT2D eigenvalue weighted by Gasteiger charge is 2.33. The molecule has 1 aliphatic carbocycles.